The SMILES string of the molecule is O=CC#Cc1ccnc2ccccc12. The highest BCUT2D eigenvalue weighted by Crippen LogP contribution is 2.14. The van der Waals surface area contributed by atoms with Crippen molar-refractivity contribution in [1.29, 1.82) is 0 Å². The number of aldehydes is 1. The van der Waals surface area contributed by atoms with Gasteiger partial charge in [-0.25, -0.2) is 0 Å². The predicted molar refractivity (Wildman–Crippen MR) is 54.7 cm³/mol. The molecule has 0 saturated heterocycles. The van der Waals surface area contributed by atoms with Gasteiger partial charge in [-0.2, -0.15) is 0 Å². The summed E-state index contributed by atoms with van der Waals surface area (Å²) >= 11 is 0. The van der Waals surface area contributed by atoms with E-state index in [1.807, 2.05) is 24.3 Å². The molecule has 1 aromatic heterocycles. The second-order valence-electron chi connectivity index (χ2n) is 2.76. The van der Waals surface area contributed by atoms with Gasteiger partial charge in [-0.1, -0.05) is 24.1 Å². The molecular formula is C12H7NO. The number of rotatable bonds is 0. The Morgan fingerprint density at radius 2 is 2.07 bits per heavy atom. The number of pyridine rings is 1. The molecule has 0 radical (unpaired) electrons. The molecule has 0 atom stereocenters. The van der Waals surface area contributed by atoms with Crippen LogP contribution in [-0.2, 0) is 4.79 Å². The van der Waals surface area contributed by atoms with Crippen molar-refractivity contribution in [2.75, 3.05) is 0 Å². The van der Waals surface area contributed by atoms with Crippen LogP contribution in [0.15, 0.2) is 36.5 Å². The number of hydrogen-bond donors (Lipinski definition) is 0. The number of para-hydroxylation sites is 1. The Balaban J connectivity index is 2.70. The summed E-state index contributed by atoms with van der Waals surface area (Å²) in [6.45, 7) is 0. The fourth-order valence-corrected chi connectivity index (χ4v) is 1.31. The molecule has 2 heteroatoms. The molecule has 0 aliphatic carbocycles. The fraction of sp³-hybridized carbons (Fsp3) is 0. The van der Waals surface area contributed by atoms with Gasteiger partial charge in [-0.15, -0.1) is 0 Å². The minimum Gasteiger partial charge on any atom is -0.289 e. The number of carbonyl (C=O) groups is 1. The first-order chi connectivity index (χ1) is 6.92. The zero-order valence-corrected chi connectivity index (χ0v) is 7.40. The van der Waals surface area contributed by atoms with Crippen LogP contribution in [-0.4, -0.2) is 11.3 Å². The average molecular weight is 181 g/mol. The third-order valence-corrected chi connectivity index (χ3v) is 1.91. The highest BCUT2D eigenvalue weighted by molar-refractivity contribution is 5.86. The van der Waals surface area contributed by atoms with Crippen LogP contribution in [0.3, 0.4) is 0 Å². The lowest BCUT2D eigenvalue weighted by Gasteiger charge is -1.97. The molecule has 66 valence electrons. The van der Waals surface area contributed by atoms with E-state index in [2.05, 4.69) is 16.8 Å². The van der Waals surface area contributed by atoms with Crippen LogP contribution < -0.4 is 0 Å². The molecule has 2 nitrogen and oxygen atoms in total. The normalized spacial score (nSPS) is 9.14. The molecule has 2 rings (SSSR count). The van der Waals surface area contributed by atoms with Gasteiger partial charge >= 0.3 is 0 Å². The van der Waals surface area contributed by atoms with E-state index in [0.29, 0.717) is 6.29 Å². The molecule has 0 bridgehead atoms. The molecule has 1 aromatic carbocycles. The number of hydrogen-bond acceptors (Lipinski definition) is 2. The van der Waals surface area contributed by atoms with Gasteiger partial charge in [0.1, 0.15) is 0 Å². The number of nitrogens with zero attached hydrogens (tertiary/aromatic N) is 1. The van der Waals surface area contributed by atoms with Crippen molar-refractivity contribution < 1.29 is 4.79 Å². The molecular weight excluding hydrogens is 174 g/mol. The van der Waals surface area contributed by atoms with Crippen molar-refractivity contribution in [2.45, 2.75) is 0 Å². The van der Waals surface area contributed by atoms with Crippen LogP contribution in [0.5, 0.6) is 0 Å². The summed E-state index contributed by atoms with van der Waals surface area (Å²) in [6.07, 6.45) is 2.28. The smallest absolute Gasteiger partial charge is 0.193 e. The van der Waals surface area contributed by atoms with Gasteiger partial charge in [0.05, 0.1) is 5.52 Å². The second kappa shape index (κ2) is 3.71. The minimum absolute atomic E-state index is 0.592. The van der Waals surface area contributed by atoms with Gasteiger partial charge < -0.3 is 0 Å². The quantitative estimate of drug-likeness (QED) is 0.458. The van der Waals surface area contributed by atoms with E-state index in [9.17, 15) is 4.79 Å². The lowest BCUT2D eigenvalue weighted by molar-refractivity contribution is -0.103. The zero-order chi connectivity index (χ0) is 9.80. The van der Waals surface area contributed by atoms with Crippen molar-refractivity contribution in [3.05, 3.63) is 42.1 Å². The van der Waals surface area contributed by atoms with E-state index >= 15 is 0 Å². The Bertz CT molecular complexity index is 529. The summed E-state index contributed by atoms with van der Waals surface area (Å²) in [6, 6.07) is 9.51. The molecule has 0 aliphatic heterocycles. The largest absolute Gasteiger partial charge is 0.289 e. The van der Waals surface area contributed by atoms with E-state index in [1.54, 1.807) is 12.3 Å². The zero-order valence-electron chi connectivity index (χ0n) is 7.40. The molecule has 14 heavy (non-hydrogen) atoms. The molecule has 0 N–H and O–H groups in total. The predicted octanol–water partition coefficient (Wildman–Crippen LogP) is 1.79. The van der Waals surface area contributed by atoms with Crippen molar-refractivity contribution in [1.82, 2.24) is 4.98 Å². The number of benzene rings is 1. The van der Waals surface area contributed by atoms with Gasteiger partial charge in [0.25, 0.3) is 0 Å². The third kappa shape index (κ3) is 1.48. The molecule has 0 spiro atoms. The Kier molecular flexibility index (Phi) is 2.24. The molecule has 0 aliphatic rings. The van der Waals surface area contributed by atoms with E-state index in [4.69, 9.17) is 0 Å². The standard InChI is InChI=1S/C12H7NO/c14-9-3-4-10-7-8-13-12-6-2-1-5-11(10)12/h1-2,5-9H. The lowest BCUT2D eigenvalue weighted by atomic mass is 10.1. The molecule has 0 unspecified atom stereocenters. The van der Waals surface area contributed by atoms with Crippen molar-refractivity contribution in [3.8, 4) is 11.8 Å². The van der Waals surface area contributed by atoms with E-state index in [1.165, 1.54) is 0 Å². The Labute approximate surface area is 81.6 Å². The maximum Gasteiger partial charge on any atom is 0.193 e. The summed E-state index contributed by atoms with van der Waals surface area (Å²) in [5.74, 6) is 5.18. The van der Waals surface area contributed by atoms with Crippen molar-refractivity contribution >= 4 is 17.2 Å². The molecule has 0 amide bonds. The molecule has 2 aromatic rings. The highest BCUT2D eigenvalue weighted by atomic mass is 16.1. The monoisotopic (exact) mass is 181 g/mol. The Morgan fingerprint density at radius 3 is 2.93 bits per heavy atom. The number of fused-ring (bicyclic) bond motifs is 1. The van der Waals surface area contributed by atoms with Crippen LogP contribution in [0.1, 0.15) is 5.56 Å². The van der Waals surface area contributed by atoms with Crippen LogP contribution in [0.4, 0.5) is 0 Å². The van der Waals surface area contributed by atoms with Gasteiger partial charge in [0.2, 0.25) is 0 Å². The molecule has 0 fully saturated rings. The highest BCUT2D eigenvalue weighted by Gasteiger charge is 1.96. The van der Waals surface area contributed by atoms with E-state index < -0.39 is 0 Å². The van der Waals surface area contributed by atoms with Gasteiger partial charge in [0.15, 0.2) is 6.29 Å². The average Bonchev–Trinajstić information content (AvgIpc) is 2.26. The fourth-order valence-electron chi connectivity index (χ4n) is 1.31. The Morgan fingerprint density at radius 1 is 1.21 bits per heavy atom. The first kappa shape index (κ1) is 8.46. The second-order valence-corrected chi connectivity index (χ2v) is 2.76. The molecule has 1 heterocycles. The minimum atomic E-state index is 0.592. The lowest BCUT2D eigenvalue weighted by Crippen LogP contribution is -1.82. The topological polar surface area (TPSA) is 30.0 Å². The summed E-state index contributed by atoms with van der Waals surface area (Å²) < 4.78 is 0. The van der Waals surface area contributed by atoms with Gasteiger partial charge in [-0.3, -0.25) is 9.78 Å². The molecule has 0 saturated carbocycles. The summed E-state index contributed by atoms with van der Waals surface area (Å²) in [5, 5.41) is 0.976. The van der Waals surface area contributed by atoms with Gasteiger partial charge in [0, 0.05) is 17.1 Å². The first-order valence-electron chi connectivity index (χ1n) is 4.21. The van der Waals surface area contributed by atoms with Crippen LogP contribution >= 0.6 is 0 Å². The maximum absolute atomic E-state index is 10.1. The summed E-state index contributed by atoms with van der Waals surface area (Å²) in [5.41, 5.74) is 1.73. The van der Waals surface area contributed by atoms with Crippen molar-refractivity contribution in [2.24, 2.45) is 0 Å². The first-order valence-corrected chi connectivity index (χ1v) is 4.21. The summed E-state index contributed by atoms with van der Waals surface area (Å²) in [4.78, 5) is 14.3. The van der Waals surface area contributed by atoms with E-state index in [0.717, 1.165) is 16.5 Å². The maximum atomic E-state index is 10.1. The van der Waals surface area contributed by atoms with Crippen LogP contribution in [0.2, 0.25) is 0 Å². The van der Waals surface area contributed by atoms with E-state index in [-0.39, 0.29) is 0 Å². The number of carbonyl (C=O) groups excluding carboxylic acids is 1. The van der Waals surface area contributed by atoms with Crippen LogP contribution in [0.25, 0.3) is 10.9 Å². The van der Waals surface area contributed by atoms with Gasteiger partial charge in [-0.05, 0) is 18.1 Å². The third-order valence-electron chi connectivity index (χ3n) is 1.91. The van der Waals surface area contributed by atoms with Crippen molar-refractivity contribution in [3.63, 3.8) is 0 Å². The van der Waals surface area contributed by atoms with Crippen LogP contribution in [0, 0.1) is 11.8 Å². The summed E-state index contributed by atoms with van der Waals surface area (Å²) in [7, 11) is 0. The Hall–Kier alpha value is -2.14. The number of aromatic nitrogens is 1.